The molecule has 130 valence electrons. The molecule has 0 saturated carbocycles. The van der Waals surface area contributed by atoms with Gasteiger partial charge in [0, 0.05) is 30.9 Å². The normalized spacial score (nSPS) is 17.4. The van der Waals surface area contributed by atoms with E-state index in [4.69, 9.17) is 4.42 Å². The highest BCUT2D eigenvalue weighted by Crippen LogP contribution is 2.36. The molecule has 0 aromatic carbocycles. The number of rotatable bonds is 3. The van der Waals surface area contributed by atoms with Gasteiger partial charge in [-0.3, -0.25) is 14.6 Å². The van der Waals surface area contributed by atoms with Gasteiger partial charge in [0.25, 0.3) is 5.91 Å². The third-order valence-corrected chi connectivity index (χ3v) is 5.00. The first-order chi connectivity index (χ1) is 12.1. The first-order valence-corrected chi connectivity index (χ1v) is 8.46. The van der Waals surface area contributed by atoms with Crippen LogP contribution >= 0.6 is 0 Å². The lowest BCUT2D eigenvalue weighted by Crippen LogP contribution is -2.31. The summed E-state index contributed by atoms with van der Waals surface area (Å²) in [6.45, 7) is 4.80. The monoisotopic (exact) mass is 339 g/mol. The maximum atomic E-state index is 13.0. The molecule has 7 heteroatoms. The number of carbonyl (C=O) groups is 1. The smallest absolute Gasteiger partial charge is 0.274 e. The van der Waals surface area contributed by atoms with Crippen LogP contribution in [0.3, 0.4) is 0 Å². The predicted molar refractivity (Wildman–Crippen MR) is 92.0 cm³/mol. The van der Waals surface area contributed by atoms with Gasteiger partial charge in [-0.05, 0) is 38.8 Å². The number of carbonyl (C=O) groups excluding carboxylic acids is 1. The molecule has 1 saturated heterocycles. The second-order valence-electron chi connectivity index (χ2n) is 6.51. The Morgan fingerprint density at radius 2 is 2.24 bits per heavy atom. The number of amides is 1. The summed E-state index contributed by atoms with van der Waals surface area (Å²) >= 11 is 0. The summed E-state index contributed by atoms with van der Waals surface area (Å²) in [5.74, 6) is 0.614. The van der Waals surface area contributed by atoms with E-state index in [0.717, 1.165) is 36.3 Å². The van der Waals surface area contributed by atoms with Crippen molar-refractivity contribution in [3.8, 4) is 11.5 Å². The molecule has 0 radical (unpaired) electrons. The van der Waals surface area contributed by atoms with E-state index < -0.39 is 0 Å². The lowest BCUT2D eigenvalue weighted by molar-refractivity contribution is 0.0729. The molecular weight excluding hydrogens is 318 g/mol. The summed E-state index contributed by atoms with van der Waals surface area (Å²) in [5, 5.41) is 11.6. The molecule has 1 fully saturated rings. The second-order valence-corrected chi connectivity index (χ2v) is 6.51. The SMILES string of the molecule is Cc1nn(C)c(C)c1[C@@H]1CCCN1C(=O)c1cc(-c2ccco2)[nH]n1. The van der Waals surface area contributed by atoms with Gasteiger partial charge in [0.1, 0.15) is 5.69 Å². The highest BCUT2D eigenvalue weighted by molar-refractivity contribution is 5.93. The molecule has 1 atom stereocenters. The van der Waals surface area contributed by atoms with Crippen molar-refractivity contribution in [1.82, 2.24) is 24.9 Å². The van der Waals surface area contributed by atoms with Gasteiger partial charge in [0.2, 0.25) is 0 Å². The van der Waals surface area contributed by atoms with E-state index in [-0.39, 0.29) is 11.9 Å². The fourth-order valence-electron chi connectivity index (χ4n) is 3.72. The van der Waals surface area contributed by atoms with Gasteiger partial charge in [-0.2, -0.15) is 10.2 Å². The number of H-pyrrole nitrogens is 1. The maximum absolute atomic E-state index is 13.0. The Morgan fingerprint density at radius 1 is 1.40 bits per heavy atom. The fraction of sp³-hybridized carbons (Fsp3) is 0.389. The van der Waals surface area contributed by atoms with Crippen molar-refractivity contribution in [2.45, 2.75) is 32.7 Å². The minimum absolute atomic E-state index is 0.0563. The molecule has 1 aliphatic heterocycles. The first kappa shape index (κ1) is 15.7. The van der Waals surface area contributed by atoms with Crippen molar-refractivity contribution in [3.05, 3.63) is 47.1 Å². The van der Waals surface area contributed by atoms with Gasteiger partial charge in [-0.25, -0.2) is 0 Å². The number of nitrogens with zero attached hydrogens (tertiary/aromatic N) is 4. The zero-order chi connectivity index (χ0) is 17.6. The van der Waals surface area contributed by atoms with Gasteiger partial charge < -0.3 is 9.32 Å². The minimum atomic E-state index is -0.0563. The third kappa shape index (κ3) is 2.56. The lowest BCUT2D eigenvalue weighted by Gasteiger charge is -2.24. The van der Waals surface area contributed by atoms with E-state index in [9.17, 15) is 4.79 Å². The molecular formula is C18H21N5O2. The maximum Gasteiger partial charge on any atom is 0.274 e. The second kappa shape index (κ2) is 5.91. The highest BCUT2D eigenvalue weighted by atomic mass is 16.3. The van der Waals surface area contributed by atoms with Crippen molar-refractivity contribution in [2.75, 3.05) is 6.54 Å². The Hall–Kier alpha value is -2.83. The molecule has 3 aromatic heterocycles. The van der Waals surface area contributed by atoms with E-state index in [2.05, 4.69) is 22.2 Å². The Balaban J connectivity index is 1.63. The van der Waals surface area contributed by atoms with Crippen LogP contribution in [0.4, 0.5) is 0 Å². The average Bonchev–Trinajstić information content (AvgIpc) is 3.34. The van der Waals surface area contributed by atoms with E-state index >= 15 is 0 Å². The molecule has 1 aliphatic rings. The summed E-state index contributed by atoms with van der Waals surface area (Å²) in [4.78, 5) is 14.9. The summed E-state index contributed by atoms with van der Waals surface area (Å²) in [6, 6.07) is 5.45. The molecule has 4 rings (SSSR count). The summed E-state index contributed by atoms with van der Waals surface area (Å²) in [6.07, 6.45) is 3.54. The van der Waals surface area contributed by atoms with E-state index in [0.29, 0.717) is 17.1 Å². The van der Waals surface area contributed by atoms with Crippen molar-refractivity contribution in [1.29, 1.82) is 0 Å². The van der Waals surface area contributed by atoms with Crippen molar-refractivity contribution >= 4 is 5.91 Å². The largest absolute Gasteiger partial charge is 0.463 e. The molecule has 4 heterocycles. The van der Waals surface area contributed by atoms with Crippen LogP contribution in [0, 0.1) is 13.8 Å². The summed E-state index contributed by atoms with van der Waals surface area (Å²) < 4.78 is 7.24. The molecule has 25 heavy (non-hydrogen) atoms. The Labute approximate surface area is 145 Å². The molecule has 7 nitrogen and oxygen atoms in total. The zero-order valence-electron chi connectivity index (χ0n) is 14.6. The van der Waals surface area contributed by atoms with Gasteiger partial charge in [-0.1, -0.05) is 0 Å². The Morgan fingerprint density at radius 3 is 2.92 bits per heavy atom. The zero-order valence-corrected chi connectivity index (χ0v) is 14.6. The highest BCUT2D eigenvalue weighted by Gasteiger charge is 2.34. The molecule has 0 unspecified atom stereocenters. The number of aryl methyl sites for hydroxylation is 2. The quantitative estimate of drug-likeness (QED) is 0.795. The standard InChI is InChI=1S/C18H21N5O2/c1-11-17(12(2)22(3)21-11)15-6-4-8-23(15)18(24)14-10-13(19-20-14)16-7-5-9-25-16/h5,7,9-10,15H,4,6,8H2,1-3H3,(H,19,20)/t15-/m0/s1. The van der Waals surface area contributed by atoms with Crippen LogP contribution in [0.25, 0.3) is 11.5 Å². The first-order valence-electron chi connectivity index (χ1n) is 8.46. The number of likely N-dealkylation sites (tertiary alicyclic amines) is 1. The van der Waals surface area contributed by atoms with Gasteiger partial charge in [0.15, 0.2) is 11.5 Å². The minimum Gasteiger partial charge on any atom is -0.463 e. The number of hydrogen-bond donors (Lipinski definition) is 1. The van der Waals surface area contributed by atoms with Crippen LogP contribution in [0.1, 0.15) is 46.3 Å². The van der Waals surface area contributed by atoms with Crippen molar-refractivity contribution in [2.24, 2.45) is 7.05 Å². The fourth-order valence-corrected chi connectivity index (χ4v) is 3.72. The Kier molecular flexibility index (Phi) is 3.71. The third-order valence-electron chi connectivity index (χ3n) is 5.00. The number of nitrogens with one attached hydrogen (secondary N) is 1. The topological polar surface area (TPSA) is 80.0 Å². The molecule has 0 spiro atoms. The molecule has 3 aromatic rings. The number of aromatic amines is 1. The predicted octanol–water partition coefficient (Wildman–Crippen LogP) is 3.00. The van der Waals surface area contributed by atoms with Gasteiger partial charge in [0.05, 0.1) is 18.0 Å². The van der Waals surface area contributed by atoms with Gasteiger partial charge >= 0.3 is 0 Å². The van der Waals surface area contributed by atoms with Crippen LogP contribution in [-0.4, -0.2) is 37.3 Å². The van der Waals surface area contributed by atoms with Crippen molar-refractivity contribution in [3.63, 3.8) is 0 Å². The number of hydrogen-bond acceptors (Lipinski definition) is 4. The number of furan rings is 1. The van der Waals surface area contributed by atoms with E-state index in [1.807, 2.05) is 35.7 Å². The van der Waals surface area contributed by atoms with Crippen LogP contribution in [0.5, 0.6) is 0 Å². The Bertz CT molecular complexity index is 906. The molecule has 1 amide bonds. The van der Waals surface area contributed by atoms with Crippen LogP contribution < -0.4 is 0 Å². The van der Waals surface area contributed by atoms with Crippen LogP contribution in [0.2, 0.25) is 0 Å². The molecule has 0 bridgehead atoms. The molecule has 1 N–H and O–H groups in total. The van der Waals surface area contributed by atoms with E-state index in [1.54, 1.807) is 12.3 Å². The van der Waals surface area contributed by atoms with E-state index in [1.165, 1.54) is 0 Å². The summed E-state index contributed by atoms with van der Waals surface area (Å²) in [5.41, 5.74) is 4.38. The lowest BCUT2D eigenvalue weighted by atomic mass is 10.0. The van der Waals surface area contributed by atoms with Crippen molar-refractivity contribution < 1.29 is 9.21 Å². The average molecular weight is 339 g/mol. The van der Waals surface area contributed by atoms with Gasteiger partial charge in [-0.15, -0.1) is 0 Å². The van der Waals surface area contributed by atoms with Crippen LogP contribution in [-0.2, 0) is 7.05 Å². The molecule has 0 aliphatic carbocycles. The van der Waals surface area contributed by atoms with Crippen LogP contribution in [0.15, 0.2) is 28.9 Å². The number of aromatic nitrogens is 4. The summed E-state index contributed by atoms with van der Waals surface area (Å²) in [7, 11) is 1.94.